The third-order valence-corrected chi connectivity index (χ3v) is 3.56. The number of nitrogens with one attached hydrogen (secondary N) is 1. The third-order valence-electron chi connectivity index (χ3n) is 3.56. The summed E-state index contributed by atoms with van der Waals surface area (Å²) in [5.74, 6) is 0. The van der Waals surface area contributed by atoms with E-state index in [0.29, 0.717) is 12.2 Å². The number of aromatic nitrogens is 2. The predicted molar refractivity (Wildman–Crippen MR) is 65.7 cm³/mol. The minimum atomic E-state index is 0.356. The quantitative estimate of drug-likeness (QED) is 0.844. The summed E-state index contributed by atoms with van der Waals surface area (Å²) in [6.07, 6.45) is 7.85. The van der Waals surface area contributed by atoms with Gasteiger partial charge in [-0.3, -0.25) is 4.68 Å². The first-order valence-corrected chi connectivity index (χ1v) is 6.71. The van der Waals surface area contributed by atoms with E-state index in [-0.39, 0.29) is 0 Å². The van der Waals surface area contributed by atoms with E-state index >= 15 is 0 Å². The lowest BCUT2D eigenvalue weighted by Crippen LogP contribution is -2.18. The fraction of sp³-hybridized carbons (Fsp3) is 0.769. The van der Waals surface area contributed by atoms with Gasteiger partial charge in [-0.2, -0.15) is 5.10 Å². The van der Waals surface area contributed by atoms with Crippen molar-refractivity contribution in [1.82, 2.24) is 15.1 Å². The van der Waals surface area contributed by atoms with Crippen molar-refractivity contribution in [3.8, 4) is 0 Å². The molecule has 0 radical (unpaired) electrons. The van der Waals surface area contributed by atoms with Gasteiger partial charge in [0, 0.05) is 18.8 Å². The molecule has 2 atom stereocenters. The highest BCUT2D eigenvalue weighted by molar-refractivity contribution is 5.00. The summed E-state index contributed by atoms with van der Waals surface area (Å²) < 4.78 is 7.83. The fourth-order valence-corrected chi connectivity index (χ4v) is 2.36. The maximum atomic E-state index is 5.81. The summed E-state index contributed by atoms with van der Waals surface area (Å²) in [7, 11) is 0. The molecule has 2 heterocycles. The molecule has 1 N–H and O–H groups in total. The molecule has 0 amide bonds. The lowest BCUT2D eigenvalue weighted by atomic mass is 10.2. The van der Waals surface area contributed by atoms with Gasteiger partial charge in [0.2, 0.25) is 0 Å². The number of nitrogens with zero attached hydrogens (tertiary/aromatic N) is 2. The molecule has 3 rings (SSSR count). The molecule has 1 saturated carbocycles. The van der Waals surface area contributed by atoms with Crippen molar-refractivity contribution in [1.29, 1.82) is 0 Å². The van der Waals surface area contributed by atoms with Crippen LogP contribution in [0, 0.1) is 0 Å². The van der Waals surface area contributed by atoms with Crippen molar-refractivity contribution in [2.75, 3.05) is 0 Å². The Morgan fingerprint density at radius 2 is 2.29 bits per heavy atom. The molecule has 2 fully saturated rings. The van der Waals surface area contributed by atoms with Crippen molar-refractivity contribution < 1.29 is 4.74 Å². The maximum Gasteiger partial charge on any atom is 0.0775 e. The standard InChI is InChI=1S/C13H21N3O/c1-10-2-5-13(17-10)9-16-7-6-12(15-16)8-14-11-3-4-11/h6-7,10-11,13-14H,2-5,8-9H2,1H3. The average Bonchev–Trinajstić information content (AvgIpc) is 2.90. The molecule has 4 heteroatoms. The molecule has 1 aromatic rings. The van der Waals surface area contributed by atoms with Crippen LogP contribution < -0.4 is 5.32 Å². The monoisotopic (exact) mass is 235 g/mol. The number of rotatable bonds is 5. The molecule has 1 aliphatic carbocycles. The van der Waals surface area contributed by atoms with Crippen LogP contribution in [-0.2, 0) is 17.8 Å². The zero-order valence-corrected chi connectivity index (χ0v) is 10.4. The van der Waals surface area contributed by atoms with Crippen molar-refractivity contribution in [3.05, 3.63) is 18.0 Å². The Kier molecular flexibility index (Phi) is 3.16. The minimum absolute atomic E-state index is 0.356. The maximum absolute atomic E-state index is 5.81. The van der Waals surface area contributed by atoms with Crippen molar-refractivity contribution in [2.45, 2.75) is 63.9 Å². The Morgan fingerprint density at radius 3 is 3.00 bits per heavy atom. The van der Waals surface area contributed by atoms with E-state index in [4.69, 9.17) is 4.74 Å². The molecule has 2 unspecified atom stereocenters. The molecule has 94 valence electrons. The number of ether oxygens (including phenoxy) is 1. The smallest absolute Gasteiger partial charge is 0.0775 e. The van der Waals surface area contributed by atoms with Crippen molar-refractivity contribution in [2.24, 2.45) is 0 Å². The number of hydrogen-bond donors (Lipinski definition) is 1. The minimum Gasteiger partial charge on any atom is -0.373 e. The molecule has 1 saturated heterocycles. The lowest BCUT2D eigenvalue weighted by Gasteiger charge is -2.10. The Bertz CT molecular complexity index is 372. The molecule has 2 aliphatic rings. The summed E-state index contributed by atoms with van der Waals surface area (Å²) in [4.78, 5) is 0. The molecule has 0 aromatic carbocycles. The molecule has 0 spiro atoms. The van der Waals surface area contributed by atoms with E-state index in [9.17, 15) is 0 Å². The van der Waals surface area contributed by atoms with Crippen molar-refractivity contribution >= 4 is 0 Å². The average molecular weight is 235 g/mol. The van der Waals surface area contributed by atoms with Gasteiger partial charge in [-0.05, 0) is 38.7 Å². The first kappa shape index (κ1) is 11.2. The second-order valence-corrected chi connectivity index (χ2v) is 5.33. The van der Waals surface area contributed by atoms with Crippen molar-refractivity contribution in [3.63, 3.8) is 0 Å². The first-order valence-electron chi connectivity index (χ1n) is 6.71. The summed E-state index contributed by atoms with van der Waals surface area (Å²) in [6, 6.07) is 2.85. The van der Waals surface area contributed by atoms with E-state index in [1.807, 2.05) is 4.68 Å². The number of hydrogen-bond acceptors (Lipinski definition) is 3. The third kappa shape index (κ3) is 3.07. The highest BCUT2D eigenvalue weighted by Gasteiger charge is 2.23. The van der Waals surface area contributed by atoms with E-state index in [2.05, 4.69) is 29.6 Å². The molecule has 1 aliphatic heterocycles. The van der Waals surface area contributed by atoms with Gasteiger partial charge >= 0.3 is 0 Å². The Labute approximate surface area is 102 Å². The molecular formula is C13H21N3O. The highest BCUT2D eigenvalue weighted by atomic mass is 16.5. The van der Waals surface area contributed by atoms with Crippen LogP contribution in [0.3, 0.4) is 0 Å². The topological polar surface area (TPSA) is 39.1 Å². The summed E-state index contributed by atoms with van der Waals surface area (Å²) in [5, 5.41) is 8.05. The van der Waals surface area contributed by atoms with Gasteiger partial charge in [0.15, 0.2) is 0 Å². The van der Waals surface area contributed by atoms with Gasteiger partial charge in [-0.15, -0.1) is 0 Å². The Morgan fingerprint density at radius 1 is 1.41 bits per heavy atom. The van der Waals surface area contributed by atoms with Crippen LogP contribution in [0.2, 0.25) is 0 Å². The van der Waals surface area contributed by atoms with Crippen LogP contribution in [0.4, 0.5) is 0 Å². The van der Waals surface area contributed by atoms with Gasteiger partial charge in [-0.25, -0.2) is 0 Å². The van der Waals surface area contributed by atoms with Crippen LogP contribution in [0.15, 0.2) is 12.3 Å². The second kappa shape index (κ2) is 4.78. The highest BCUT2D eigenvalue weighted by Crippen LogP contribution is 2.21. The van der Waals surface area contributed by atoms with E-state index in [1.54, 1.807) is 0 Å². The molecule has 17 heavy (non-hydrogen) atoms. The second-order valence-electron chi connectivity index (χ2n) is 5.33. The fourth-order valence-electron chi connectivity index (χ4n) is 2.36. The van der Waals surface area contributed by atoms with Gasteiger partial charge in [0.1, 0.15) is 0 Å². The molecular weight excluding hydrogens is 214 g/mol. The summed E-state index contributed by atoms with van der Waals surface area (Å²) >= 11 is 0. The van der Waals surface area contributed by atoms with E-state index in [1.165, 1.54) is 19.3 Å². The largest absolute Gasteiger partial charge is 0.373 e. The molecule has 0 bridgehead atoms. The van der Waals surface area contributed by atoms with Crippen LogP contribution >= 0.6 is 0 Å². The van der Waals surface area contributed by atoms with E-state index < -0.39 is 0 Å². The van der Waals surface area contributed by atoms with Crippen LogP contribution in [0.1, 0.15) is 38.3 Å². The summed E-state index contributed by atoms with van der Waals surface area (Å²) in [6.45, 7) is 3.95. The van der Waals surface area contributed by atoms with Gasteiger partial charge in [0.25, 0.3) is 0 Å². The van der Waals surface area contributed by atoms with Gasteiger partial charge < -0.3 is 10.1 Å². The zero-order chi connectivity index (χ0) is 11.7. The first-order chi connectivity index (χ1) is 8.29. The molecule has 1 aromatic heterocycles. The van der Waals surface area contributed by atoms with Gasteiger partial charge in [0.05, 0.1) is 24.4 Å². The normalized spacial score (nSPS) is 28.8. The van der Waals surface area contributed by atoms with Crippen LogP contribution in [-0.4, -0.2) is 28.0 Å². The SMILES string of the molecule is CC1CCC(Cn2ccc(CNC3CC3)n2)O1. The Balaban J connectivity index is 1.49. The van der Waals surface area contributed by atoms with Crippen LogP contribution in [0.5, 0.6) is 0 Å². The van der Waals surface area contributed by atoms with E-state index in [0.717, 1.165) is 31.2 Å². The molecule has 4 nitrogen and oxygen atoms in total. The lowest BCUT2D eigenvalue weighted by molar-refractivity contribution is 0.0436. The van der Waals surface area contributed by atoms with Crippen LogP contribution in [0.25, 0.3) is 0 Å². The summed E-state index contributed by atoms with van der Waals surface area (Å²) in [5.41, 5.74) is 1.14. The predicted octanol–water partition coefficient (Wildman–Crippen LogP) is 1.70. The zero-order valence-electron chi connectivity index (χ0n) is 10.4. The van der Waals surface area contributed by atoms with Gasteiger partial charge in [-0.1, -0.05) is 0 Å². The Hall–Kier alpha value is -0.870.